The van der Waals surface area contributed by atoms with Gasteiger partial charge in [0.15, 0.2) is 0 Å². The van der Waals surface area contributed by atoms with Crippen LogP contribution in [0.2, 0.25) is 0 Å². The fourth-order valence-corrected chi connectivity index (χ4v) is 5.18. The number of hydrogen-bond acceptors (Lipinski definition) is 3. The normalized spacial score (nSPS) is 21.4. The number of carboxylic acid groups (broad SMARTS) is 1. The standard InChI is InChI=1S/C27H35N3O2/c1-16(2)19-7-10-21(11-8-19)28-27-29-23-15-20(26(31)32)9-13-24(23)30(27)25-14-18(5)6-12-22(25)17(3)4/h7-11,13,15-18,22,25H,6,12,14H2,1-5H3,(H,28,29)(H,31,32)/t18-,22+,25-/m1/s1. The molecule has 0 aliphatic heterocycles. The highest BCUT2D eigenvalue weighted by Gasteiger charge is 2.34. The van der Waals surface area contributed by atoms with Gasteiger partial charge in [-0.1, -0.05) is 53.2 Å². The average Bonchev–Trinajstić information content (AvgIpc) is 3.10. The number of aromatic nitrogens is 2. The van der Waals surface area contributed by atoms with Crippen LogP contribution in [0.1, 0.15) is 81.8 Å². The van der Waals surface area contributed by atoms with E-state index < -0.39 is 5.97 Å². The third kappa shape index (κ3) is 4.38. The summed E-state index contributed by atoms with van der Waals surface area (Å²) < 4.78 is 2.34. The molecule has 0 unspecified atom stereocenters. The first kappa shape index (κ1) is 22.4. The molecule has 3 aromatic rings. The lowest BCUT2D eigenvalue weighted by molar-refractivity contribution is 0.0697. The number of anilines is 2. The molecule has 1 heterocycles. The van der Waals surface area contributed by atoms with Crippen LogP contribution in [0.4, 0.5) is 11.6 Å². The van der Waals surface area contributed by atoms with Crippen LogP contribution in [0.15, 0.2) is 42.5 Å². The Morgan fingerprint density at radius 1 is 1.09 bits per heavy atom. The Balaban J connectivity index is 1.82. The van der Waals surface area contributed by atoms with Gasteiger partial charge in [0.2, 0.25) is 5.95 Å². The number of benzene rings is 2. The largest absolute Gasteiger partial charge is 0.478 e. The topological polar surface area (TPSA) is 67.2 Å². The highest BCUT2D eigenvalue weighted by molar-refractivity contribution is 5.93. The minimum atomic E-state index is -0.924. The predicted octanol–water partition coefficient (Wildman–Crippen LogP) is 7.23. The Morgan fingerprint density at radius 3 is 2.44 bits per heavy atom. The minimum Gasteiger partial charge on any atom is -0.478 e. The number of rotatable bonds is 6. The maximum atomic E-state index is 11.6. The van der Waals surface area contributed by atoms with Crippen molar-refractivity contribution in [2.45, 2.75) is 65.8 Å². The highest BCUT2D eigenvalue weighted by atomic mass is 16.4. The summed E-state index contributed by atoms with van der Waals surface area (Å²) >= 11 is 0. The number of nitrogens with one attached hydrogen (secondary N) is 1. The van der Waals surface area contributed by atoms with E-state index in [1.165, 1.54) is 18.4 Å². The molecular weight excluding hydrogens is 398 g/mol. The molecule has 1 fully saturated rings. The lowest BCUT2D eigenvalue weighted by Gasteiger charge is -2.39. The number of fused-ring (bicyclic) bond motifs is 1. The van der Waals surface area contributed by atoms with Gasteiger partial charge in [-0.05, 0) is 72.4 Å². The van der Waals surface area contributed by atoms with Crippen LogP contribution in [-0.2, 0) is 0 Å². The van der Waals surface area contributed by atoms with Crippen molar-refractivity contribution in [2.75, 3.05) is 5.32 Å². The number of carbonyl (C=O) groups is 1. The zero-order chi connectivity index (χ0) is 23.0. The van der Waals surface area contributed by atoms with Crippen LogP contribution in [0.3, 0.4) is 0 Å². The fraction of sp³-hybridized carbons (Fsp3) is 0.481. The van der Waals surface area contributed by atoms with Crippen LogP contribution in [0.25, 0.3) is 11.0 Å². The van der Waals surface area contributed by atoms with Crippen LogP contribution in [0.5, 0.6) is 0 Å². The maximum Gasteiger partial charge on any atom is 0.335 e. The summed E-state index contributed by atoms with van der Waals surface area (Å²) in [6.45, 7) is 11.3. The molecule has 1 aliphatic carbocycles. The van der Waals surface area contributed by atoms with Crippen molar-refractivity contribution in [3.63, 3.8) is 0 Å². The van der Waals surface area contributed by atoms with Gasteiger partial charge in [-0.25, -0.2) is 9.78 Å². The van der Waals surface area contributed by atoms with Crippen molar-refractivity contribution >= 4 is 28.6 Å². The quantitative estimate of drug-likeness (QED) is 0.430. The van der Waals surface area contributed by atoms with E-state index in [0.717, 1.165) is 29.1 Å². The summed E-state index contributed by atoms with van der Waals surface area (Å²) in [5.41, 5.74) is 4.30. The van der Waals surface area contributed by atoms with Gasteiger partial charge in [-0.15, -0.1) is 0 Å². The van der Waals surface area contributed by atoms with E-state index in [0.29, 0.717) is 29.7 Å². The van der Waals surface area contributed by atoms with Gasteiger partial charge in [0.05, 0.1) is 16.6 Å². The van der Waals surface area contributed by atoms with Gasteiger partial charge in [0.1, 0.15) is 0 Å². The molecule has 1 saturated carbocycles. The second-order valence-electron chi connectivity index (χ2n) is 10.1. The lowest BCUT2D eigenvalue weighted by atomic mass is 9.74. The van der Waals surface area contributed by atoms with Crippen molar-refractivity contribution in [2.24, 2.45) is 17.8 Å². The molecular formula is C27H35N3O2. The molecule has 4 rings (SSSR count). The highest BCUT2D eigenvalue weighted by Crippen LogP contribution is 2.44. The molecule has 0 saturated heterocycles. The zero-order valence-electron chi connectivity index (χ0n) is 19.8. The number of hydrogen-bond donors (Lipinski definition) is 2. The second kappa shape index (κ2) is 8.97. The smallest absolute Gasteiger partial charge is 0.335 e. The van der Waals surface area contributed by atoms with Gasteiger partial charge in [-0.3, -0.25) is 0 Å². The molecule has 32 heavy (non-hydrogen) atoms. The lowest BCUT2D eigenvalue weighted by Crippen LogP contribution is -2.30. The minimum absolute atomic E-state index is 0.271. The first-order chi connectivity index (χ1) is 15.2. The molecule has 5 heteroatoms. The van der Waals surface area contributed by atoms with Gasteiger partial charge >= 0.3 is 5.97 Å². The van der Waals surface area contributed by atoms with Gasteiger partial charge in [0, 0.05) is 11.7 Å². The average molecular weight is 434 g/mol. The van der Waals surface area contributed by atoms with Crippen LogP contribution >= 0.6 is 0 Å². The van der Waals surface area contributed by atoms with E-state index in [1.54, 1.807) is 12.1 Å². The molecule has 3 atom stereocenters. The zero-order valence-corrected chi connectivity index (χ0v) is 19.8. The molecule has 170 valence electrons. The number of nitrogens with zero attached hydrogens (tertiary/aromatic N) is 2. The number of aromatic carboxylic acids is 1. The summed E-state index contributed by atoms with van der Waals surface area (Å²) in [4.78, 5) is 16.4. The summed E-state index contributed by atoms with van der Waals surface area (Å²) in [6, 6.07) is 14.2. The Kier molecular flexibility index (Phi) is 6.27. The van der Waals surface area contributed by atoms with E-state index in [1.807, 2.05) is 6.07 Å². The Labute approximate surface area is 190 Å². The molecule has 1 aromatic heterocycles. The van der Waals surface area contributed by atoms with E-state index in [2.05, 4.69) is 68.8 Å². The van der Waals surface area contributed by atoms with Crippen LogP contribution in [0, 0.1) is 17.8 Å². The first-order valence-corrected chi connectivity index (χ1v) is 11.9. The molecule has 0 bridgehead atoms. The molecule has 2 N–H and O–H groups in total. The van der Waals surface area contributed by atoms with Crippen molar-refractivity contribution in [3.05, 3.63) is 53.6 Å². The van der Waals surface area contributed by atoms with Gasteiger partial charge in [-0.2, -0.15) is 0 Å². The SMILES string of the molecule is CC(C)c1ccc(Nc2nc3cc(C(=O)O)ccc3n2[C@@H]2C[C@H](C)CC[C@H]2C(C)C)cc1. The summed E-state index contributed by atoms with van der Waals surface area (Å²) in [6.07, 6.45) is 3.57. The molecule has 0 radical (unpaired) electrons. The van der Waals surface area contributed by atoms with E-state index in [-0.39, 0.29) is 5.56 Å². The monoisotopic (exact) mass is 433 g/mol. The fourth-order valence-electron chi connectivity index (χ4n) is 5.18. The molecule has 1 aliphatic rings. The van der Waals surface area contributed by atoms with E-state index in [4.69, 9.17) is 4.98 Å². The number of carboxylic acids is 1. The maximum absolute atomic E-state index is 11.6. The molecule has 2 aromatic carbocycles. The predicted molar refractivity (Wildman–Crippen MR) is 131 cm³/mol. The number of imidazole rings is 1. The molecule has 0 spiro atoms. The van der Waals surface area contributed by atoms with Crippen molar-refractivity contribution in [1.29, 1.82) is 0 Å². The third-order valence-electron chi connectivity index (χ3n) is 7.09. The van der Waals surface area contributed by atoms with Gasteiger partial charge in [0.25, 0.3) is 0 Å². The Bertz CT molecular complexity index is 1100. The Morgan fingerprint density at radius 2 is 1.81 bits per heavy atom. The first-order valence-electron chi connectivity index (χ1n) is 11.9. The van der Waals surface area contributed by atoms with Crippen LogP contribution in [-0.4, -0.2) is 20.6 Å². The van der Waals surface area contributed by atoms with E-state index >= 15 is 0 Å². The van der Waals surface area contributed by atoms with Crippen LogP contribution < -0.4 is 5.32 Å². The molecule has 5 nitrogen and oxygen atoms in total. The second-order valence-corrected chi connectivity index (χ2v) is 10.1. The summed E-state index contributed by atoms with van der Waals surface area (Å²) in [5.74, 6) is 2.15. The van der Waals surface area contributed by atoms with Gasteiger partial charge < -0.3 is 15.0 Å². The molecule has 0 amide bonds. The Hall–Kier alpha value is -2.82. The van der Waals surface area contributed by atoms with Crippen molar-refractivity contribution in [3.8, 4) is 0 Å². The summed E-state index contributed by atoms with van der Waals surface area (Å²) in [5, 5.41) is 13.0. The van der Waals surface area contributed by atoms with E-state index in [9.17, 15) is 9.90 Å². The third-order valence-corrected chi connectivity index (χ3v) is 7.09. The summed E-state index contributed by atoms with van der Waals surface area (Å²) in [7, 11) is 0. The van der Waals surface area contributed by atoms with Crippen molar-refractivity contribution < 1.29 is 9.90 Å². The van der Waals surface area contributed by atoms with Crippen molar-refractivity contribution in [1.82, 2.24) is 9.55 Å².